The molecule has 1 aliphatic heterocycles. The van der Waals surface area contributed by atoms with Gasteiger partial charge >= 0.3 is 6.09 Å². The first-order valence-electron chi connectivity index (χ1n) is 9.95. The van der Waals surface area contributed by atoms with E-state index in [1.165, 1.54) is 19.1 Å². The SMILES string of the molecule is COc1cc(OC)c(Cl)c(-c2ccc3nc(N[C@H]4C[C@@H](C)N(C(=O)O)C4)ncc3c2)c1Cl. The number of rotatable bonds is 5. The highest BCUT2D eigenvalue weighted by Gasteiger charge is 2.32. The highest BCUT2D eigenvalue weighted by atomic mass is 35.5. The quantitative estimate of drug-likeness (QED) is 0.523. The third kappa shape index (κ3) is 4.08. The molecule has 32 heavy (non-hydrogen) atoms. The molecule has 1 fully saturated rings. The van der Waals surface area contributed by atoms with Gasteiger partial charge in [-0.2, -0.15) is 0 Å². The van der Waals surface area contributed by atoms with E-state index < -0.39 is 6.09 Å². The number of aromatic nitrogens is 2. The van der Waals surface area contributed by atoms with E-state index in [-0.39, 0.29) is 12.1 Å². The van der Waals surface area contributed by atoms with E-state index >= 15 is 0 Å². The van der Waals surface area contributed by atoms with Crippen LogP contribution in [0, 0.1) is 0 Å². The molecule has 0 bridgehead atoms. The highest BCUT2D eigenvalue weighted by Crippen LogP contribution is 2.46. The van der Waals surface area contributed by atoms with Crippen molar-refractivity contribution in [3.63, 3.8) is 0 Å². The summed E-state index contributed by atoms with van der Waals surface area (Å²) >= 11 is 13.1. The number of nitrogens with zero attached hydrogens (tertiary/aromatic N) is 3. The van der Waals surface area contributed by atoms with E-state index in [0.29, 0.717) is 46.0 Å². The van der Waals surface area contributed by atoms with Gasteiger partial charge in [-0.15, -0.1) is 0 Å². The summed E-state index contributed by atoms with van der Waals surface area (Å²) in [6, 6.07) is 7.17. The molecule has 4 rings (SSSR count). The Bertz CT molecular complexity index is 1160. The minimum Gasteiger partial charge on any atom is -0.495 e. The number of carboxylic acid groups (broad SMARTS) is 1. The van der Waals surface area contributed by atoms with Crippen molar-refractivity contribution in [1.29, 1.82) is 0 Å². The zero-order chi connectivity index (χ0) is 23.0. The number of methoxy groups -OCH3 is 2. The second-order valence-corrected chi connectivity index (χ2v) is 8.37. The number of nitrogens with one attached hydrogen (secondary N) is 1. The minimum atomic E-state index is -0.916. The molecule has 0 saturated carbocycles. The van der Waals surface area contributed by atoms with Crippen molar-refractivity contribution in [2.45, 2.75) is 25.4 Å². The van der Waals surface area contributed by atoms with E-state index in [1.807, 2.05) is 25.1 Å². The minimum absolute atomic E-state index is 0.0420. The standard InChI is InChI=1S/C22H22Cl2N4O4/c1-11-6-14(10-28(11)22(29)30)26-21-25-9-13-7-12(4-5-15(13)27-21)18-19(23)16(31-2)8-17(32-3)20(18)24/h4-5,7-9,11,14H,6,10H2,1-3H3,(H,29,30)(H,25,26,27)/t11-,14+/m1/s1. The first kappa shape index (κ1) is 22.2. The van der Waals surface area contributed by atoms with Crippen molar-refractivity contribution in [1.82, 2.24) is 14.9 Å². The van der Waals surface area contributed by atoms with Crippen LogP contribution in [0.5, 0.6) is 11.5 Å². The summed E-state index contributed by atoms with van der Waals surface area (Å²) < 4.78 is 10.7. The van der Waals surface area contributed by atoms with Gasteiger partial charge in [0.1, 0.15) is 11.5 Å². The Kier molecular flexibility index (Phi) is 6.17. The third-order valence-electron chi connectivity index (χ3n) is 5.60. The van der Waals surface area contributed by atoms with Gasteiger partial charge in [-0.05, 0) is 31.0 Å². The first-order valence-corrected chi connectivity index (χ1v) is 10.7. The van der Waals surface area contributed by atoms with E-state index in [1.54, 1.807) is 12.3 Å². The summed E-state index contributed by atoms with van der Waals surface area (Å²) in [5.41, 5.74) is 2.10. The Balaban J connectivity index is 1.64. The maximum absolute atomic E-state index is 11.3. The number of anilines is 1. The second kappa shape index (κ2) is 8.88. The second-order valence-electron chi connectivity index (χ2n) is 7.61. The zero-order valence-corrected chi connectivity index (χ0v) is 19.2. The van der Waals surface area contributed by atoms with Crippen molar-refractivity contribution < 1.29 is 19.4 Å². The largest absolute Gasteiger partial charge is 0.495 e. The molecular weight excluding hydrogens is 455 g/mol. The molecule has 1 aliphatic rings. The number of fused-ring (bicyclic) bond motifs is 1. The van der Waals surface area contributed by atoms with E-state index in [4.69, 9.17) is 32.7 Å². The summed E-state index contributed by atoms with van der Waals surface area (Å²) in [7, 11) is 3.06. The van der Waals surface area contributed by atoms with Gasteiger partial charge in [0.15, 0.2) is 0 Å². The van der Waals surface area contributed by atoms with Gasteiger partial charge < -0.3 is 24.8 Å². The number of hydrogen-bond donors (Lipinski definition) is 2. The summed E-state index contributed by atoms with van der Waals surface area (Å²) in [6.45, 7) is 2.29. The van der Waals surface area contributed by atoms with E-state index in [2.05, 4.69) is 15.3 Å². The smallest absolute Gasteiger partial charge is 0.407 e. The maximum atomic E-state index is 11.3. The normalized spacial score (nSPS) is 18.1. The Labute approximate surface area is 195 Å². The molecule has 10 heteroatoms. The van der Waals surface area contributed by atoms with Gasteiger partial charge in [0.05, 0.1) is 29.8 Å². The van der Waals surface area contributed by atoms with Crippen LogP contribution in [0.25, 0.3) is 22.0 Å². The summed E-state index contributed by atoms with van der Waals surface area (Å²) in [6.07, 6.45) is 1.49. The number of benzene rings is 2. The van der Waals surface area contributed by atoms with Gasteiger partial charge in [-0.3, -0.25) is 0 Å². The van der Waals surface area contributed by atoms with Crippen LogP contribution in [0.1, 0.15) is 13.3 Å². The molecule has 0 unspecified atom stereocenters. The monoisotopic (exact) mass is 476 g/mol. The van der Waals surface area contributed by atoms with Crippen molar-refractivity contribution >= 4 is 46.1 Å². The van der Waals surface area contributed by atoms with Gasteiger partial charge in [0.2, 0.25) is 5.95 Å². The van der Waals surface area contributed by atoms with Gasteiger partial charge in [0, 0.05) is 41.8 Å². The highest BCUT2D eigenvalue weighted by molar-refractivity contribution is 6.41. The predicted molar refractivity (Wildman–Crippen MR) is 124 cm³/mol. The average Bonchev–Trinajstić information content (AvgIpc) is 3.14. The van der Waals surface area contributed by atoms with Gasteiger partial charge in [-0.1, -0.05) is 29.3 Å². The predicted octanol–water partition coefficient (Wildman–Crippen LogP) is 5.17. The molecule has 0 spiro atoms. The number of halogens is 2. The fourth-order valence-corrected chi connectivity index (χ4v) is 4.70. The molecule has 0 aliphatic carbocycles. The third-order valence-corrected chi connectivity index (χ3v) is 6.35. The van der Waals surface area contributed by atoms with Crippen molar-refractivity contribution in [2.24, 2.45) is 0 Å². The number of likely N-dealkylation sites (tertiary alicyclic amines) is 1. The lowest BCUT2D eigenvalue weighted by Crippen LogP contribution is -2.33. The molecule has 2 aromatic carbocycles. The van der Waals surface area contributed by atoms with Crippen molar-refractivity contribution in [2.75, 3.05) is 26.1 Å². The molecule has 0 radical (unpaired) electrons. The van der Waals surface area contributed by atoms with Gasteiger partial charge in [-0.25, -0.2) is 14.8 Å². The van der Waals surface area contributed by atoms with Crippen LogP contribution in [-0.2, 0) is 0 Å². The number of hydrogen-bond acceptors (Lipinski definition) is 6. The summed E-state index contributed by atoms with van der Waals surface area (Å²) in [5.74, 6) is 1.37. The Hall–Kier alpha value is -2.97. The molecule has 168 valence electrons. The molecule has 1 saturated heterocycles. The van der Waals surface area contributed by atoms with Crippen LogP contribution in [0.15, 0.2) is 30.5 Å². The molecular formula is C22H22Cl2N4O4. The average molecular weight is 477 g/mol. The number of ether oxygens (including phenoxy) is 2. The first-order chi connectivity index (χ1) is 15.3. The fraction of sp³-hybridized carbons (Fsp3) is 0.318. The van der Waals surface area contributed by atoms with E-state index in [9.17, 15) is 9.90 Å². The molecule has 8 nitrogen and oxygen atoms in total. The summed E-state index contributed by atoms with van der Waals surface area (Å²) in [5, 5.41) is 14.1. The Morgan fingerprint density at radius 3 is 2.47 bits per heavy atom. The van der Waals surface area contributed by atoms with Crippen LogP contribution in [0.3, 0.4) is 0 Å². The van der Waals surface area contributed by atoms with Gasteiger partial charge in [0.25, 0.3) is 0 Å². The lowest BCUT2D eigenvalue weighted by molar-refractivity contribution is 0.143. The van der Waals surface area contributed by atoms with E-state index in [0.717, 1.165) is 16.5 Å². The molecule has 1 amide bonds. The lowest BCUT2D eigenvalue weighted by Gasteiger charge is -2.16. The Morgan fingerprint density at radius 1 is 1.19 bits per heavy atom. The van der Waals surface area contributed by atoms with Crippen LogP contribution < -0.4 is 14.8 Å². The number of carbonyl (C=O) groups is 1. The molecule has 1 aromatic heterocycles. The van der Waals surface area contributed by atoms with Crippen LogP contribution in [0.4, 0.5) is 10.7 Å². The molecule has 2 heterocycles. The molecule has 2 N–H and O–H groups in total. The topological polar surface area (TPSA) is 96.8 Å². The van der Waals surface area contributed by atoms with Crippen molar-refractivity contribution in [3.05, 3.63) is 40.5 Å². The zero-order valence-electron chi connectivity index (χ0n) is 17.7. The van der Waals surface area contributed by atoms with Crippen LogP contribution in [-0.4, -0.2) is 58.9 Å². The fourth-order valence-electron chi connectivity index (χ4n) is 3.98. The van der Waals surface area contributed by atoms with Crippen molar-refractivity contribution in [3.8, 4) is 22.6 Å². The van der Waals surface area contributed by atoms with Crippen LogP contribution >= 0.6 is 23.2 Å². The molecule has 3 aromatic rings. The molecule has 2 atom stereocenters. The number of amides is 1. The lowest BCUT2D eigenvalue weighted by atomic mass is 10.0. The van der Waals surface area contributed by atoms with Crippen LogP contribution in [0.2, 0.25) is 10.0 Å². The Morgan fingerprint density at radius 2 is 1.88 bits per heavy atom. The summed E-state index contributed by atoms with van der Waals surface area (Å²) in [4.78, 5) is 21.7. The maximum Gasteiger partial charge on any atom is 0.407 e.